The fourth-order valence-electron chi connectivity index (χ4n) is 1.81. The first-order valence-electron chi connectivity index (χ1n) is 6.80. The van der Waals surface area contributed by atoms with Gasteiger partial charge >= 0.3 is 6.03 Å². The van der Waals surface area contributed by atoms with Crippen molar-refractivity contribution in [2.24, 2.45) is 5.73 Å². The third-order valence-corrected chi connectivity index (χ3v) is 2.96. The number of rotatable bonds is 9. The summed E-state index contributed by atoms with van der Waals surface area (Å²) in [6.45, 7) is 0.251. The summed E-state index contributed by atoms with van der Waals surface area (Å²) in [7, 11) is 0. The number of anilines is 1. The highest BCUT2D eigenvalue weighted by Gasteiger charge is 2.17. The number of hydrogen-bond donors (Lipinski definition) is 5. The molecule has 0 radical (unpaired) electrons. The van der Waals surface area contributed by atoms with Crippen LogP contribution in [0.5, 0.6) is 0 Å². The number of carbonyl (C=O) groups is 3. The molecule has 120 valence electrons. The molecule has 0 bridgehead atoms. The number of urea groups is 1. The Hall–Kier alpha value is -2.61. The van der Waals surface area contributed by atoms with Crippen molar-refractivity contribution in [3.05, 3.63) is 29.8 Å². The smallest absolute Gasteiger partial charge is 0.312 e. The van der Waals surface area contributed by atoms with Crippen molar-refractivity contribution in [2.75, 3.05) is 11.9 Å². The SMILES string of the molecule is NC(=O)NCCCC(NC=O)C(=O)Nc1ccc(CO)cc1. The summed E-state index contributed by atoms with van der Waals surface area (Å²) in [6, 6.07) is 5.37. The molecular formula is C14H20N4O4. The first-order valence-corrected chi connectivity index (χ1v) is 6.80. The molecule has 0 spiro atoms. The minimum Gasteiger partial charge on any atom is -0.392 e. The minimum atomic E-state index is -0.704. The van der Waals surface area contributed by atoms with Crippen molar-refractivity contribution in [1.29, 1.82) is 0 Å². The lowest BCUT2D eigenvalue weighted by Crippen LogP contribution is -2.40. The maximum Gasteiger partial charge on any atom is 0.312 e. The van der Waals surface area contributed by atoms with Crippen molar-refractivity contribution in [1.82, 2.24) is 10.6 Å². The van der Waals surface area contributed by atoms with Gasteiger partial charge in [0.05, 0.1) is 6.61 Å². The van der Waals surface area contributed by atoms with Gasteiger partial charge in [0.25, 0.3) is 0 Å². The zero-order valence-corrected chi connectivity index (χ0v) is 12.0. The van der Waals surface area contributed by atoms with E-state index in [0.717, 1.165) is 5.56 Å². The Morgan fingerprint density at radius 1 is 1.27 bits per heavy atom. The molecule has 0 saturated carbocycles. The third-order valence-electron chi connectivity index (χ3n) is 2.96. The van der Waals surface area contributed by atoms with Gasteiger partial charge in [0.15, 0.2) is 0 Å². The van der Waals surface area contributed by atoms with Gasteiger partial charge in [-0.15, -0.1) is 0 Å². The Balaban J connectivity index is 2.52. The van der Waals surface area contributed by atoms with Crippen molar-refractivity contribution < 1.29 is 19.5 Å². The summed E-state index contributed by atoms with van der Waals surface area (Å²) in [4.78, 5) is 33.2. The van der Waals surface area contributed by atoms with Crippen LogP contribution >= 0.6 is 0 Å². The van der Waals surface area contributed by atoms with Crippen molar-refractivity contribution in [2.45, 2.75) is 25.5 Å². The number of hydrogen-bond acceptors (Lipinski definition) is 4. The van der Waals surface area contributed by atoms with Gasteiger partial charge in [0.1, 0.15) is 6.04 Å². The topological polar surface area (TPSA) is 134 Å². The van der Waals surface area contributed by atoms with Gasteiger partial charge in [-0.05, 0) is 30.5 Å². The summed E-state index contributed by atoms with van der Waals surface area (Å²) in [6.07, 6.45) is 1.31. The van der Waals surface area contributed by atoms with Crippen LogP contribution in [0.4, 0.5) is 10.5 Å². The van der Waals surface area contributed by atoms with E-state index in [4.69, 9.17) is 10.8 Å². The van der Waals surface area contributed by atoms with Crippen LogP contribution in [-0.2, 0) is 16.2 Å². The number of primary amides is 1. The maximum absolute atomic E-state index is 12.1. The molecule has 0 aliphatic rings. The summed E-state index contributed by atoms with van der Waals surface area (Å²) in [5.41, 5.74) is 6.23. The molecule has 22 heavy (non-hydrogen) atoms. The van der Waals surface area contributed by atoms with Crippen LogP contribution in [0.2, 0.25) is 0 Å². The highest BCUT2D eigenvalue weighted by Crippen LogP contribution is 2.10. The molecule has 1 atom stereocenters. The number of nitrogens with one attached hydrogen (secondary N) is 3. The van der Waals surface area contributed by atoms with E-state index in [9.17, 15) is 14.4 Å². The van der Waals surface area contributed by atoms with Gasteiger partial charge in [0.2, 0.25) is 12.3 Å². The highest BCUT2D eigenvalue weighted by molar-refractivity contribution is 5.95. The molecule has 0 aliphatic carbocycles. The van der Waals surface area contributed by atoms with Crippen molar-refractivity contribution in [3.8, 4) is 0 Å². The molecule has 8 heteroatoms. The molecule has 8 nitrogen and oxygen atoms in total. The lowest BCUT2D eigenvalue weighted by Gasteiger charge is -2.16. The molecule has 1 unspecified atom stereocenters. The molecular weight excluding hydrogens is 288 g/mol. The summed E-state index contributed by atoms with van der Waals surface area (Å²) in [5, 5.41) is 16.5. The molecule has 1 aromatic rings. The predicted octanol–water partition coefficient (Wildman–Crippen LogP) is -0.320. The van der Waals surface area contributed by atoms with Crippen LogP contribution in [0, 0.1) is 0 Å². The number of aliphatic hydroxyl groups is 1. The normalized spacial score (nSPS) is 11.3. The van der Waals surface area contributed by atoms with Crippen LogP contribution in [0.25, 0.3) is 0 Å². The van der Waals surface area contributed by atoms with Gasteiger partial charge in [-0.1, -0.05) is 12.1 Å². The second-order valence-electron chi connectivity index (χ2n) is 4.61. The second-order valence-corrected chi connectivity index (χ2v) is 4.61. The van der Waals surface area contributed by atoms with Crippen LogP contribution in [0.15, 0.2) is 24.3 Å². The molecule has 0 aliphatic heterocycles. The fourth-order valence-corrected chi connectivity index (χ4v) is 1.81. The van der Waals surface area contributed by atoms with Crippen LogP contribution in [0.3, 0.4) is 0 Å². The number of amides is 4. The van der Waals surface area contributed by atoms with Gasteiger partial charge in [-0.3, -0.25) is 9.59 Å². The lowest BCUT2D eigenvalue weighted by atomic mass is 10.1. The van der Waals surface area contributed by atoms with E-state index in [1.807, 2.05) is 0 Å². The molecule has 0 heterocycles. The summed E-state index contributed by atoms with van der Waals surface area (Å²) < 4.78 is 0. The molecule has 4 amide bonds. The van der Waals surface area contributed by atoms with Crippen LogP contribution in [-0.4, -0.2) is 36.0 Å². The van der Waals surface area contributed by atoms with E-state index in [0.29, 0.717) is 31.5 Å². The standard InChI is InChI=1S/C14H20N4O4/c15-14(22)16-7-1-2-12(17-9-20)13(21)18-11-5-3-10(8-19)4-6-11/h3-6,9,12,19H,1-2,7-8H2,(H,17,20)(H,18,21)(H3,15,16,22). The molecule has 0 saturated heterocycles. The Morgan fingerprint density at radius 2 is 1.95 bits per heavy atom. The summed E-state index contributed by atoms with van der Waals surface area (Å²) in [5.74, 6) is -0.358. The number of nitrogens with two attached hydrogens (primary N) is 1. The van der Waals surface area contributed by atoms with Crippen molar-refractivity contribution >= 4 is 24.0 Å². The Kier molecular flexibility index (Phi) is 7.41. The zero-order chi connectivity index (χ0) is 16.4. The molecule has 0 aromatic heterocycles. The van der Waals surface area contributed by atoms with E-state index in [1.54, 1.807) is 24.3 Å². The lowest BCUT2D eigenvalue weighted by molar-refractivity contribution is -0.121. The molecule has 0 fully saturated rings. The minimum absolute atomic E-state index is 0.0730. The van der Waals surface area contributed by atoms with Crippen LogP contribution in [0.1, 0.15) is 18.4 Å². The highest BCUT2D eigenvalue weighted by atomic mass is 16.3. The molecule has 1 rings (SSSR count). The van der Waals surface area contributed by atoms with E-state index < -0.39 is 12.1 Å². The van der Waals surface area contributed by atoms with Gasteiger partial charge < -0.3 is 26.8 Å². The van der Waals surface area contributed by atoms with E-state index in [1.165, 1.54) is 0 Å². The van der Waals surface area contributed by atoms with E-state index in [2.05, 4.69) is 16.0 Å². The maximum atomic E-state index is 12.1. The summed E-state index contributed by atoms with van der Waals surface area (Å²) >= 11 is 0. The van der Waals surface area contributed by atoms with Gasteiger partial charge in [0, 0.05) is 12.2 Å². The molecule has 6 N–H and O–H groups in total. The second kappa shape index (κ2) is 9.35. The van der Waals surface area contributed by atoms with Gasteiger partial charge in [-0.25, -0.2) is 4.79 Å². The average molecular weight is 308 g/mol. The first kappa shape index (κ1) is 17.4. The van der Waals surface area contributed by atoms with Gasteiger partial charge in [-0.2, -0.15) is 0 Å². The quantitative estimate of drug-likeness (QED) is 0.316. The predicted molar refractivity (Wildman–Crippen MR) is 80.8 cm³/mol. The number of carbonyl (C=O) groups excluding carboxylic acids is 3. The van der Waals surface area contributed by atoms with Crippen LogP contribution < -0.4 is 21.7 Å². The zero-order valence-electron chi connectivity index (χ0n) is 12.0. The van der Waals surface area contributed by atoms with E-state index in [-0.39, 0.29) is 12.5 Å². The monoisotopic (exact) mass is 308 g/mol. The Labute approximate surface area is 128 Å². The molecule has 1 aromatic carbocycles. The van der Waals surface area contributed by atoms with E-state index >= 15 is 0 Å². The average Bonchev–Trinajstić information content (AvgIpc) is 2.50. The third kappa shape index (κ3) is 6.23. The Morgan fingerprint density at radius 3 is 2.50 bits per heavy atom. The number of aliphatic hydroxyl groups excluding tert-OH is 1. The first-order chi connectivity index (χ1) is 10.6. The van der Waals surface area contributed by atoms with Crippen molar-refractivity contribution in [3.63, 3.8) is 0 Å². The number of benzene rings is 1. The fraction of sp³-hybridized carbons (Fsp3) is 0.357. The largest absolute Gasteiger partial charge is 0.392 e. The Bertz CT molecular complexity index is 504.